The molecule has 0 spiro atoms. The Morgan fingerprint density at radius 3 is 2.75 bits per heavy atom. The van der Waals surface area contributed by atoms with Gasteiger partial charge in [0.05, 0.1) is 13.2 Å². The van der Waals surface area contributed by atoms with Crippen molar-refractivity contribution in [3.63, 3.8) is 0 Å². The van der Waals surface area contributed by atoms with Crippen molar-refractivity contribution in [2.45, 2.75) is 19.4 Å². The van der Waals surface area contributed by atoms with Crippen molar-refractivity contribution in [3.05, 3.63) is 0 Å². The SMILES string of the molecule is COCCN(CC1CCNC1)C(C)COC. The lowest BCUT2D eigenvalue weighted by molar-refractivity contribution is 0.0666. The summed E-state index contributed by atoms with van der Waals surface area (Å²) in [6.45, 7) is 8.29. The van der Waals surface area contributed by atoms with Gasteiger partial charge in [-0.2, -0.15) is 0 Å². The van der Waals surface area contributed by atoms with Crippen molar-refractivity contribution in [2.75, 3.05) is 53.6 Å². The van der Waals surface area contributed by atoms with Crippen LogP contribution in [0.5, 0.6) is 0 Å². The molecule has 0 amide bonds. The van der Waals surface area contributed by atoms with E-state index in [0.717, 1.165) is 38.8 Å². The molecule has 0 aromatic carbocycles. The molecule has 1 saturated heterocycles. The lowest BCUT2D eigenvalue weighted by atomic mass is 10.1. The van der Waals surface area contributed by atoms with Gasteiger partial charge in [0.2, 0.25) is 0 Å². The third-order valence-electron chi connectivity index (χ3n) is 3.27. The molecular weight excluding hydrogens is 204 g/mol. The van der Waals surface area contributed by atoms with Gasteiger partial charge < -0.3 is 14.8 Å². The monoisotopic (exact) mass is 230 g/mol. The van der Waals surface area contributed by atoms with Gasteiger partial charge in [-0.3, -0.25) is 4.90 Å². The molecule has 4 heteroatoms. The molecule has 1 aliphatic heterocycles. The van der Waals surface area contributed by atoms with Crippen LogP contribution in [0.3, 0.4) is 0 Å². The van der Waals surface area contributed by atoms with Gasteiger partial charge in [0.1, 0.15) is 0 Å². The maximum absolute atomic E-state index is 5.23. The molecule has 0 aliphatic carbocycles. The summed E-state index contributed by atoms with van der Waals surface area (Å²) in [5, 5.41) is 3.42. The summed E-state index contributed by atoms with van der Waals surface area (Å²) in [6.07, 6.45) is 1.29. The second-order valence-corrected chi connectivity index (χ2v) is 4.65. The van der Waals surface area contributed by atoms with Crippen molar-refractivity contribution < 1.29 is 9.47 Å². The van der Waals surface area contributed by atoms with E-state index in [1.165, 1.54) is 13.0 Å². The lowest BCUT2D eigenvalue weighted by Gasteiger charge is -2.30. The number of methoxy groups -OCH3 is 2. The Bertz CT molecular complexity index is 172. The van der Waals surface area contributed by atoms with Crippen LogP contribution < -0.4 is 5.32 Å². The number of ether oxygens (including phenoxy) is 2. The molecule has 1 heterocycles. The summed E-state index contributed by atoms with van der Waals surface area (Å²) in [5.41, 5.74) is 0. The summed E-state index contributed by atoms with van der Waals surface area (Å²) in [6, 6.07) is 0.473. The quantitative estimate of drug-likeness (QED) is 0.661. The smallest absolute Gasteiger partial charge is 0.0615 e. The topological polar surface area (TPSA) is 33.7 Å². The molecule has 2 unspecified atom stereocenters. The van der Waals surface area contributed by atoms with E-state index >= 15 is 0 Å². The van der Waals surface area contributed by atoms with Crippen LogP contribution in [-0.2, 0) is 9.47 Å². The highest BCUT2D eigenvalue weighted by molar-refractivity contribution is 4.77. The summed E-state index contributed by atoms with van der Waals surface area (Å²) < 4.78 is 10.4. The van der Waals surface area contributed by atoms with Crippen LogP contribution in [0.25, 0.3) is 0 Å². The first-order chi connectivity index (χ1) is 7.77. The maximum Gasteiger partial charge on any atom is 0.0615 e. The molecule has 0 aromatic rings. The molecule has 0 aromatic heterocycles. The fourth-order valence-electron chi connectivity index (χ4n) is 2.25. The normalized spacial score (nSPS) is 22.9. The van der Waals surface area contributed by atoms with E-state index in [4.69, 9.17) is 9.47 Å². The fourth-order valence-corrected chi connectivity index (χ4v) is 2.25. The van der Waals surface area contributed by atoms with Gasteiger partial charge in [-0.05, 0) is 32.4 Å². The molecule has 2 atom stereocenters. The predicted molar refractivity (Wildman–Crippen MR) is 65.8 cm³/mol. The summed E-state index contributed by atoms with van der Waals surface area (Å²) in [7, 11) is 3.53. The van der Waals surface area contributed by atoms with Crippen LogP contribution in [-0.4, -0.2) is 64.6 Å². The van der Waals surface area contributed by atoms with E-state index < -0.39 is 0 Å². The molecule has 1 fully saturated rings. The van der Waals surface area contributed by atoms with E-state index in [0.29, 0.717) is 6.04 Å². The molecule has 1 N–H and O–H groups in total. The van der Waals surface area contributed by atoms with Gasteiger partial charge >= 0.3 is 0 Å². The van der Waals surface area contributed by atoms with Crippen LogP contribution in [0.4, 0.5) is 0 Å². The molecule has 16 heavy (non-hydrogen) atoms. The molecule has 0 radical (unpaired) electrons. The molecule has 1 rings (SSSR count). The maximum atomic E-state index is 5.23. The van der Waals surface area contributed by atoms with Gasteiger partial charge in [-0.15, -0.1) is 0 Å². The molecule has 1 aliphatic rings. The van der Waals surface area contributed by atoms with Gasteiger partial charge in [-0.25, -0.2) is 0 Å². The molecular formula is C12H26N2O2. The van der Waals surface area contributed by atoms with E-state index in [9.17, 15) is 0 Å². The second kappa shape index (κ2) is 8.01. The van der Waals surface area contributed by atoms with Gasteiger partial charge in [0.15, 0.2) is 0 Å². The van der Waals surface area contributed by atoms with Crippen LogP contribution in [0.1, 0.15) is 13.3 Å². The molecule has 0 saturated carbocycles. The second-order valence-electron chi connectivity index (χ2n) is 4.65. The van der Waals surface area contributed by atoms with Crippen LogP contribution in [0, 0.1) is 5.92 Å². The van der Waals surface area contributed by atoms with Crippen LogP contribution in [0.15, 0.2) is 0 Å². The third kappa shape index (κ3) is 4.78. The van der Waals surface area contributed by atoms with Crippen molar-refractivity contribution in [3.8, 4) is 0 Å². The Morgan fingerprint density at radius 2 is 2.19 bits per heavy atom. The number of nitrogens with zero attached hydrogens (tertiary/aromatic N) is 1. The Hall–Kier alpha value is -0.160. The first-order valence-electron chi connectivity index (χ1n) is 6.20. The first kappa shape index (κ1) is 13.9. The molecule has 96 valence electrons. The minimum absolute atomic E-state index is 0.473. The average molecular weight is 230 g/mol. The van der Waals surface area contributed by atoms with Gasteiger partial charge in [0.25, 0.3) is 0 Å². The minimum Gasteiger partial charge on any atom is -0.383 e. The standard InChI is InChI=1S/C12H26N2O2/c1-11(10-16-3)14(6-7-15-2)9-12-4-5-13-8-12/h11-13H,4-10H2,1-3H3. The number of rotatable bonds is 8. The van der Waals surface area contributed by atoms with Crippen LogP contribution in [0.2, 0.25) is 0 Å². The number of hydrogen-bond acceptors (Lipinski definition) is 4. The zero-order chi connectivity index (χ0) is 11.8. The third-order valence-corrected chi connectivity index (χ3v) is 3.27. The highest BCUT2D eigenvalue weighted by Crippen LogP contribution is 2.12. The van der Waals surface area contributed by atoms with Crippen molar-refractivity contribution in [2.24, 2.45) is 5.92 Å². The summed E-state index contributed by atoms with van der Waals surface area (Å²) >= 11 is 0. The van der Waals surface area contributed by atoms with E-state index in [1.54, 1.807) is 14.2 Å². The van der Waals surface area contributed by atoms with Crippen molar-refractivity contribution in [1.29, 1.82) is 0 Å². The highest BCUT2D eigenvalue weighted by Gasteiger charge is 2.21. The number of nitrogens with one attached hydrogen (secondary N) is 1. The summed E-state index contributed by atoms with van der Waals surface area (Å²) in [5.74, 6) is 0.788. The van der Waals surface area contributed by atoms with Crippen molar-refractivity contribution >= 4 is 0 Å². The molecule has 0 bridgehead atoms. The average Bonchev–Trinajstić information content (AvgIpc) is 2.77. The summed E-state index contributed by atoms with van der Waals surface area (Å²) in [4.78, 5) is 2.48. The Balaban J connectivity index is 2.34. The number of hydrogen-bond donors (Lipinski definition) is 1. The first-order valence-corrected chi connectivity index (χ1v) is 6.20. The molecule has 4 nitrogen and oxygen atoms in total. The van der Waals surface area contributed by atoms with E-state index in [2.05, 4.69) is 17.1 Å². The van der Waals surface area contributed by atoms with Crippen molar-refractivity contribution in [1.82, 2.24) is 10.2 Å². The van der Waals surface area contributed by atoms with Gasteiger partial charge in [-0.1, -0.05) is 0 Å². The Labute approximate surface area is 99.3 Å². The predicted octanol–water partition coefficient (Wildman–Crippen LogP) is 0.579. The Kier molecular flexibility index (Phi) is 6.96. The van der Waals surface area contributed by atoms with E-state index in [-0.39, 0.29) is 0 Å². The highest BCUT2D eigenvalue weighted by atomic mass is 16.5. The fraction of sp³-hybridized carbons (Fsp3) is 1.00. The van der Waals surface area contributed by atoms with E-state index in [1.807, 2.05) is 0 Å². The zero-order valence-electron chi connectivity index (χ0n) is 10.9. The largest absolute Gasteiger partial charge is 0.383 e. The minimum atomic E-state index is 0.473. The lowest BCUT2D eigenvalue weighted by Crippen LogP contribution is -2.42. The zero-order valence-corrected chi connectivity index (χ0v) is 10.9. The van der Waals surface area contributed by atoms with Crippen LogP contribution >= 0.6 is 0 Å². The Morgan fingerprint density at radius 1 is 1.38 bits per heavy atom. The van der Waals surface area contributed by atoms with Gasteiger partial charge in [0, 0.05) is 33.4 Å².